The van der Waals surface area contributed by atoms with E-state index >= 15 is 0 Å². The molecule has 0 spiro atoms. The second-order valence-corrected chi connectivity index (χ2v) is 10.1. The Morgan fingerprint density at radius 3 is 2.43 bits per heavy atom. The van der Waals surface area contributed by atoms with Gasteiger partial charge in [0.1, 0.15) is 11.4 Å². The number of halogens is 1. The fourth-order valence-corrected chi connectivity index (χ4v) is 4.38. The second kappa shape index (κ2) is 14.1. The van der Waals surface area contributed by atoms with E-state index in [9.17, 15) is 14.4 Å². The van der Waals surface area contributed by atoms with Gasteiger partial charge in [0.15, 0.2) is 11.5 Å². The Balaban J connectivity index is 1.33. The van der Waals surface area contributed by atoms with Gasteiger partial charge >= 0.3 is 5.97 Å². The van der Waals surface area contributed by atoms with Gasteiger partial charge in [-0.15, -0.1) is 0 Å². The van der Waals surface area contributed by atoms with Crippen molar-refractivity contribution < 1.29 is 33.4 Å². The van der Waals surface area contributed by atoms with Crippen molar-refractivity contribution in [1.82, 2.24) is 10.7 Å². The molecule has 4 aromatic rings. The van der Waals surface area contributed by atoms with Crippen molar-refractivity contribution in [3.05, 3.63) is 123 Å². The first-order chi connectivity index (χ1) is 21.4. The number of nitrogens with zero attached hydrogens (tertiary/aromatic N) is 1. The summed E-state index contributed by atoms with van der Waals surface area (Å²) in [6.07, 6.45) is 2.82. The van der Waals surface area contributed by atoms with E-state index in [1.165, 1.54) is 19.4 Å². The Labute approximate surface area is 260 Å². The normalized spacial score (nSPS) is 12.1. The Bertz CT molecular complexity index is 1740. The van der Waals surface area contributed by atoms with Crippen LogP contribution in [0, 0.1) is 0 Å². The van der Waals surface area contributed by atoms with Gasteiger partial charge in [-0.25, -0.2) is 10.2 Å². The molecule has 2 amide bonds. The van der Waals surface area contributed by atoms with E-state index in [1.54, 1.807) is 91.0 Å². The molecule has 0 unspecified atom stereocenters. The molecule has 0 aromatic heterocycles. The molecule has 0 radical (unpaired) electrons. The number of amides is 2. The topological polar surface area (TPSA) is 137 Å². The summed E-state index contributed by atoms with van der Waals surface area (Å²) in [5.41, 5.74) is 7.38. The van der Waals surface area contributed by atoms with Crippen molar-refractivity contribution >= 4 is 51.7 Å². The molecule has 5 rings (SSSR count). The summed E-state index contributed by atoms with van der Waals surface area (Å²) in [6.45, 7) is 0.0976. The minimum atomic E-state index is -0.693. The maximum absolute atomic E-state index is 13.3. The van der Waals surface area contributed by atoms with Crippen LogP contribution in [0.2, 0.25) is 0 Å². The van der Waals surface area contributed by atoms with Crippen LogP contribution in [0.5, 0.6) is 17.2 Å². The summed E-state index contributed by atoms with van der Waals surface area (Å²) in [4.78, 5) is 43.8. The van der Waals surface area contributed by atoms with Crippen LogP contribution >= 0.6 is 15.9 Å². The highest BCUT2D eigenvalue weighted by Crippen LogP contribution is 2.33. The lowest BCUT2D eigenvalue weighted by molar-refractivity contribution is -0.117. The fraction of sp³-hybridized carbons (Fsp3) is 0.0625. The zero-order valence-electron chi connectivity index (χ0n) is 23.2. The molecular formula is C32H25BrN4O7. The van der Waals surface area contributed by atoms with E-state index in [0.717, 1.165) is 0 Å². The van der Waals surface area contributed by atoms with Gasteiger partial charge in [-0.05, 0) is 78.4 Å². The number of anilines is 1. The average molecular weight is 657 g/mol. The van der Waals surface area contributed by atoms with E-state index in [1.807, 2.05) is 0 Å². The number of rotatable bonds is 10. The van der Waals surface area contributed by atoms with E-state index in [-0.39, 0.29) is 18.2 Å². The number of fused-ring (bicyclic) bond motifs is 1. The molecule has 12 heteroatoms. The van der Waals surface area contributed by atoms with Crippen LogP contribution in [0.15, 0.2) is 106 Å². The number of hydrogen-bond donors (Lipinski definition) is 3. The van der Waals surface area contributed by atoms with Crippen LogP contribution in [-0.2, 0) is 9.63 Å². The molecule has 44 heavy (non-hydrogen) atoms. The lowest BCUT2D eigenvalue weighted by Crippen LogP contribution is -2.32. The monoisotopic (exact) mass is 656 g/mol. The van der Waals surface area contributed by atoms with Crippen molar-refractivity contribution in [1.29, 1.82) is 0 Å². The van der Waals surface area contributed by atoms with Gasteiger partial charge in [-0.1, -0.05) is 40.2 Å². The van der Waals surface area contributed by atoms with Crippen molar-refractivity contribution in [2.45, 2.75) is 0 Å². The minimum Gasteiger partial charge on any atom is -0.454 e. The standard InChI is InChI=1S/C32H25BrN4O7/c1-41-37-25-11-8-22(9-12-25)32(40)44-27-14-10-24(33)17-23(27)18-34-36-31(39)26(35-30(38)21-5-3-2-4-6-21)15-20-7-13-28-29(16-20)43-19-42-28/h2-18,37H,19H2,1H3,(H,35,38)(H,36,39)/b26-15+,34-18+. The van der Waals surface area contributed by atoms with Gasteiger partial charge in [-0.3, -0.25) is 19.9 Å². The van der Waals surface area contributed by atoms with Crippen molar-refractivity contribution in [3.8, 4) is 17.2 Å². The molecule has 0 saturated carbocycles. The van der Waals surface area contributed by atoms with Gasteiger partial charge in [0.25, 0.3) is 11.8 Å². The summed E-state index contributed by atoms with van der Waals surface area (Å²) >= 11 is 3.40. The third kappa shape index (κ3) is 7.68. The molecule has 0 aliphatic carbocycles. The van der Waals surface area contributed by atoms with E-state index in [4.69, 9.17) is 19.0 Å². The van der Waals surface area contributed by atoms with Crippen molar-refractivity contribution in [3.63, 3.8) is 0 Å². The highest BCUT2D eigenvalue weighted by molar-refractivity contribution is 9.10. The summed E-state index contributed by atoms with van der Waals surface area (Å²) in [5, 5.41) is 6.71. The number of hydrazone groups is 1. The van der Waals surface area contributed by atoms with Crippen LogP contribution < -0.4 is 30.4 Å². The zero-order chi connectivity index (χ0) is 30.9. The largest absolute Gasteiger partial charge is 0.454 e. The number of nitrogens with one attached hydrogen (secondary N) is 3. The molecule has 0 saturated heterocycles. The molecule has 3 N–H and O–H groups in total. The van der Waals surface area contributed by atoms with Crippen LogP contribution in [0.3, 0.4) is 0 Å². The molecule has 0 atom stereocenters. The Morgan fingerprint density at radius 1 is 0.886 bits per heavy atom. The van der Waals surface area contributed by atoms with Crippen LogP contribution in [-0.4, -0.2) is 37.9 Å². The van der Waals surface area contributed by atoms with Gasteiger partial charge in [0.05, 0.1) is 24.6 Å². The number of carbonyl (C=O) groups is 3. The second-order valence-electron chi connectivity index (χ2n) is 9.15. The molecule has 222 valence electrons. The van der Waals surface area contributed by atoms with Crippen molar-refractivity contribution in [2.75, 3.05) is 19.4 Å². The lowest BCUT2D eigenvalue weighted by Gasteiger charge is -2.10. The highest BCUT2D eigenvalue weighted by atomic mass is 79.9. The quantitative estimate of drug-likeness (QED) is 0.0689. The van der Waals surface area contributed by atoms with Gasteiger partial charge < -0.3 is 19.5 Å². The molecule has 1 heterocycles. The van der Waals surface area contributed by atoms with Crippen LogP contribution in [0.1, 0.15) is 31.8 Å². The molecule has 11 nitrogen and oxygen atoms in total. The maximum atomic E-state index is 13.3. The maximum Gasteiger partial charge on any atom is 0.343 e. The van der Waals surface area contributed by atoms with E-state index in [0.29, 0.717) is 43.9 Å². The first kappa shape index (κ1) is 30.0. The molecule has 1 aliphatic heterocycles. The smallest absolute Gasteiger partial charge is 0.343 e. The summed E-state index contributed by atoms with van der Waals surface area (Å²) in [5.74, 6) is -0.455. The third-order valence-corrected chi connectivity index (χ3v) is 6.61. The Hall–Kier alpha value is -5.46. The number of carbonyl (C=O) groups excluding carboxylic acids is 3. The van der Waals surface area contributed by atoms with Gasteiger partial charge in [-0.2, -0.15) is 5.10 Å². The van der Waals surface area contributed by atoms with Gasteiger partial charge in [0.2, 0.25) is 6.79 Å². The van der Waals surface area contributed by atoms with Gasteiger partial charge in [0, 0.05) is 15.6 Å². The van der Waals surface area contributed by atoms with Crippen molar-refractivity contribution in [2.24, 2.45) is 5.10 Å². The number of hydrogen-bond acceptors (Lipinski definition) is 9. The first-order valence-corrected chi connectivity index (χ1v) is 13.9. The predicted octanol–water partition coefficient (Wildman–Crippen LogP) is 5.29. The third-order valence-electron chi connectivity index (χ3n) is 6.12. The number of ether oxygens (including phenoxy) is 3. The molecule has 0 fully saturated rings. The van der Waals surface area contributed by atoms with E-state index in [2.05, 4.69) is 37.3 Å². The highest BCUT2D eigenvalue weighted by Gasteiger charge is 2.17. The van der Waals surface area contributed by atoms with Crippen LogP contribution in [0.25, 0.3) is 6.08 Å². The lowest BCUT2D eigenvalue weighted by atomic mass is 10.1. The average Bonchev–Trinajstić information content (AvgIpc) is 3.51. The first-order valence-electron chi connectivity index (χ1n) is 13.1. The number of benzene rings is 4. The number of esters is 1. The Morgan fingerprint density at radius 2 is 1.66 bits per heavy atom. The van der Waals surface area contributed by atoms with E-state index < -0.39 is 17.8 Å². The molecular weight excluding hydrogens is 632 g/mol. The van der Waals surface area contributed by atoms with Crippen LogP contribution in [0.4, 0.5) is 5.69 Å². The molecule has 1 aliphatic rings. The fourth-order valence-electron chi connectivity index (χ4n) is 4.00. The Kier molecular flexibility index (Phi) is 9.64. The zero-order valence-corrected chi connectivity index (χ0v) is 24.8. The molecule has 4 aromatic carbocycles. The summed E-state index contributed by atoms with van der Waals surface area (Å²) in [7, 11) is 1.48. The minimum absolute atomic E-state index is 0.0674. The SMILES string of the molecule is CONc1ccc(C(=O)Oc2ccc(Br)cc2/C=N/NC(=O)/C(=C\c2ccc3c(c2)OCO3)NC(=O)c2ccccc2)cc1. The summed E-state index contributed by atoms with van der Waals surface area (Å²) in [6, 6.07) is 25.1. The summed E-state index contributed by atoms with van der Waals surface area (Å²) < 4.78 is 17.1. The molecule has 0 bridgehead atoms. The predicted molar refractivity (Wildman–Crippen MR) is 166 cm³/mol.